The van der Waals surface area contributed by atoms with Gasteiger partial charge in [0.05, 0.1) is 0 Å². The first-order valence-electron chi connectivity index (χ1n) is 5.45. The molecule has 0 unspecified atom stereocenters. The van der Waals surface area contributed by atoms with E-state index in [-0.39, 0.29) is 6.29 Å². The van der Waals surface area contributed by atoms with Crippen molar-refractivity contribution in [1.29, 1.82) is 0 Å². The minimum atomic E-state index is -0.260. The van der Waals surface area contributed by atoms with Crippen molar-refractivity contribution in [2.45, 2.75) is 25.0 Å². The van der Waals surface area contributed by atoms with E-state index in [1.165, 1.54) is 4.90 Å². The highest BCUT2D eigenvalue weighted by Gasteiger charge is 2.08. The zero-order valence-electron chi connectivity index (χ0n) is 10.4. The average Bonchev–Trinajstić information content (AvgIpc) is 2.29. The molecule has 1 aromatic rings. The van der Waals surface area contributed by atoms with Gasteiger partial charge in [-0.15, -0.1) is 11.8 Å². The molecule has 0 radical (unpaired) electrons. The maximum absolute atomic E-state index is 5.19. The predicted molar refractivity (Wildman–Crippen MR) is 68.8 cm³/mol. The zero-order chi connectivity index (χ0) is 12.0. The summed E-state index contributed by atoms with van der Waals surface area (Å²) in [6.45, 7) is 4.46. The van der Waals surface area contributed by atoms with Crippen LogP contribution in [0.1, 0.15) is 25.7 Å². The zero-order valence-corrected chi connectivity index (χ0v) is 11.2. The fourth-order valence-electron chi connectivity index (χ4n) is 1.35. The molecule has 0 aromatic heterocycles. The van der Waals surface area contributed by atoms with Crippen LogP contribution in [-0.2, 0) is 9.47 Å². The first-order valence-corrected chi connectivity index (χ1v) is 6.44. The fraction of sp³-hybridized carbons (Fsp3) is 0.538. The topological polar surface area (TPSA) is 18.5 Å². The Morgan fingerprint density at radius 2 is 1.62 bits per heavy atom. The summed E-state index contributed by atoms with van der Waals surface area (Å²) in [5.74, 6) is 1.87. The van der Waals surface area contributed by atoms with Crippen LogP contribution in [0.4, 0.5) is 0 Å². The summed E-state index contributed by atoms with van der Waals surface area (Å²) >= 11 is 1.88. The van der Waals surface area contributed by atoms with Gasteiger partial charge in [0, 0.05) is 30.4 Å². The van der Waals surface area contributed by atoms with Crippen LogP contribution in [0.2, 0.25) is 0 Å². The van der Waals surface area contributed by atoms with Crippen LogP contribution < -0.4 is 0 Å². The standard InChI is InChI=1S/C13H20O2S/c1-10(2)9-16-12-7-5-11(6-8-12)13(14-3)15-4/h5-8,10,13H,9H2,1-4H3. The summed E-state index contributed by atoms with van der Waals surface area (Å²) in [7, 11) is 3.30. The monoisotopic (exact) mass is 240 g/mol. The molecule has 0 spiro atoms. The molecule has 3 heteroatoms. The third-order valence-corrected chi connectivity index (χ3v) is 3.60. The van der Waals surface area contributed by atoms with Gasteiger partial charge in [-0.25, -0.2) is 0 Å². The lowest BCUT2D eigenvalue weighted by molar-refractivity contribution is -0.106. The van der Waals surface area contributed by atoms with Crippen LogP contribution in [0.15, 0.2) is 29.2 Å². The van der Waals surface area contributed by atoms with Crippen molar-refractivity contribution in [2.24, 2.45) is 5.92 Å². The van der Waals surface area contributed by atoms with Gasteiger partial charge in [-0.2, -0.15) is 0 Å². The molecule has 0 atom stereocenters. The second-order valence-electron chi connectivity index (χ2n) is 4.08. The second-order valence-corrected chi connectivity index (χ2v) is 5.17. The number of hydrogen-bond acceptors (Lipinski definition) is 3. The highest BCUT2D eigenvalue weighted by atomic mass is 32.2. The number of ether oxygens (including phenoxy) is 2. The van der Waals surface area contributed by atoms with Gasteiger partial charge >= 0.3 is 0 Å². The maximum atomic E-state index is 5.19. The van der Waals surface area contributed by atoms with Crippen LogP contribution in [0.25, 0.3) is 0 Å². The van der Waals surface area contributed by atoms with Crippen LogP contribution in [0.5, 0.6) is 0 Å². The summed E-state index contributed by atoms with van der Waals surface area (Å²) < 4.78 is 10.4. The first-order chi connectivity index (χ1) is 7.67. The third-order valence-electron chi connectivity index (χ3n) is 2.16. The van der Waals surface area contributed by atoms with Crippen molar-refractivity contribution in [3.63, 3.8) is 0 Å². The molecule has 2 nitrogen and oxygen atoms in total. The van der Waals surface area contributed by atoms with E-state index < -0.39 is 0 Å². The molecule has 0 saturated carbocycles. The Kier molecular flexibility index (Phi) is 5.88. The smallest absolute Gasteiger partial charge is 0.183 e. The summed E-state index contributed by atoms with van der Waals surface area (Å²) in [5.41, 5.74) is 1.05. The van der Waals surface area contributed by atoms with E-state index in [2.05, 4.69) is 38.1 Å². The van der Waals surface area contributed by atoms with E-state index in [9.17, 15) is 0 Å². The van der Waals surface area contributed by atoms with E-state index in [1.54, 1.807) is 14.2 Å². The Hall–Kier alpha value is -0.510. The minimum Gasteiger partial charge on any atom is -0.352 e. The van der Waals surface area contributed by atoms with Gasteiger partial charge in [-0.05, 0) is 18.1 Å². The Morgan fingerprint density at radius 3 is 2.06 bits per heavy atom. The molecular formula is C13H20O2S. The normalized spacial score (nSPS) is 11.4. The van der Waals surface area contributed by atoms with Gasteiger partial charge in [-0.3, -0.25) is 0 Å². The van der Waals surface area contributed by atoms with E-state index in [1.807, 2.05) is 11.8 Å². The van der Waals surface area contributed by atoms with E-state index in [4.69, 9.17) is 9.47 Å². The molecule has 0 amide bonds. The van der Waals surface area contributed by atoms with Crippen molar-refractivity contribution in [1.82, 2.24) is 0 Å². The number of methoxy groups -OCH3 is 2. The molecule has 0 bridgehead atoms. The molecule has 16 heavy (non-hydrogen) atoms. The van der Waals surface area contributed by atoms with E-state index in [0.29, 0.717) is 0 Å². The summed E-state index contributed by atoms with van der Waals surface area (Å²) in [5, 5.41) is 0. The predicted octanol–water partition coefficient (Wildman–Crippen LogP) is 3.73. The number of thioether (sulfide) groups is 1. The van der Waals surface area contributed by atoms with Gasteiger partial charge < -0.3 is 9.47 Å². The summed E-state index contributed by atoms with van der Waals surface area (Å²) in [6.07, 6.45) is -0.260. The van der Waals surface area contributed by atoms with Gasteiger partial charge in [0.15, 0.2) is 6.29 Å². The quantitative estimate of drug-likeness (QED) is 0.557. The van der Waals surface area contributed by atoms with Crippen molar-refractivity contribution in [3.8, 4) is 0 Å². The van der Waals surface area contributed by atoms with Gasteiger partial charge in [0.25, 0.3) is 0 Å². The molecule has 0 aliphatic rings. The maximum Gasteiger partial charge on any atom is 0.183 e. The average molecular weight is 240 g/mol. The van der Waals surface area contributed by atoms with Crippen molar-refractivity contribution >= 4 is 11.8 Å². The molecule has 0 saturated heterocycles. The number of benzene rings is 1. The summed E-state index contributed by atoms with van der Waals surface area (Å²) in [4.78, 5) is 1.29. The van der Waals surface area contributed by atoms with Crippen molar-refractivity contribution in [2.75, 3.05) is 20.0 Å². The van der Waals surface area contributed by atoms with Crippen molar-refractivity contribution < 1.29 is 9.47 Å². The molecule has 1 rings (SSSR count). The van der Waals surface area contributed by atoms with E-state index in [0.717, 1.165) is 17.2 Å². The summed E-state index contributed by atoms with van der Waals surface area (Å²) in [6, 6.07) is 8.35. The lowest BCUT2D eigenvalue weighted by atomic mass is 10.2. The van der Waals surface area contributed by atoms with Gasteiger partial charge in [-0.1, -0.05) is 26.0 Å². The SMILES string of the molecule is COC(OC)c1ccc(SCC(C)C)cc1. The fourth-order valence-corrected chi connectivity index (χ4v) is 2.21. The highest BCUT2D eigenvalue weighted by molar-refractivity contribution is 7.99. The largest absolute Gasteiger partial charge is 0.352 e. The van der Waals surface area contributed by atoms with Gasteiger partial charge in [0.2, 0.25) is 0 Å². The van der Waals surface area contributed by atoms with Crippen molar-refractivity contribution in [3.05, 3.63) is 29.8 Å². The van der Waals surface area contributed by atoms with Crippen LogP contribution in [-0.4, -0.2) is 20.0 Å². The molecule has 90 valence electrons. The number of rotatable bonds is 6. The Morgan fingerprint density at radius 1 is 1.06 bits per heavy atom. The van der Waals surface area contributed by atoms with Crippen LogP contribution in [0, 0.1) is 5.92 Å². The first kappa shape index (κ1) is 13.6. The van der Waals surface area contributed by atoms with Crippen LogP contribution >= 0.6 is 11.8 Å². The second kappa shape index (κ2) is 6.94. The third kappa shape index (κ3) is 4.16. The Bertz CT molecular complexity index is 291. The molecular weight excluding hydrogens is 220 g/mol. The Labute approximate surface area is 102 Å². The minimum absolute atomic E-state index is 0.260. The molecule has 0 aliphatic heterocycles. The molecule has 0 heterocycles. The molecule has 1 aromatic carbocycles. The number of hydrogen-bond donors (Lipinski definition) is 0. The highest BCUT2D eigenvalue weighted by Crippen LogP contribution is 2.24. The molecule has 0 fully saturated rings. The molecule has 0 N–H and O–H groups in total. The van der Waals surface area contributed by atoms with Crippen LogP contribution in [0.3, 0.4) is 0 Å². The lowest BCUT2D eigenvalue weighted by Gasteiger charge is -2.14. The van der Waals surface area contributed by atoms with E-state index >= 15 is 0 Å². The Balaban J connectivity index is 2.60. The molecule has 0 aliphatic carbocycles. The lowest BCUT2D eigenvalue weighted by Crippen LogP contribution is -2.03. The van der Waals surface area contributed by atoms with Gasteiger partial charge in [0.1, 0.15) is 0 Å².